The second kappa shape index (κ2) is 8.26. The van der Waals surface area contributed by atoms with Crippen LogP contribution in [0.4, 0.5) is 0 Å². The molecule has 0 aromatic heterocycles. The van der Waals surface area contributed by atoms with E-state index in [9.17, 15) is 9.59 Å². The Hall–Kier alpha value is -1.80. The van der Waals surface area contributed by atoms with Crippen LogP contribution >= 0.6 is 47.3 Å². The number of hydrogen-bond donors (Lipinski definition) is 1. The summed E-state index contributed by atoms with van der Waals surface area (Å²) in [6.07, 6.45) is 1.72. The van der Waals surface area contributed by atoms with E-state index in [1.807, 2.05) is 48.5 Å². The number of carbonyl (C=O) groups is 2. The van der Waals surface area contributed by atoms with Crippen molar-refractivity contribution in [2.45, 2.75) is 9.79 Å². The number of amides is 1. The third-order valence-corrected chi connectivity index (χ3v) is 6.04. The molecule has 132 valence electrons. The average molecular weight is 422 g/mol. The number of thiocarbonyl (C=S) groups is 1. The smallest absolute Gasteiger partial charge is 0.323 e. The van der Waals surface area contributed by atoms with Crippen molar-refractivity contribution in [3.8, 4) is 0 Å². The van der Waals surface area contributed by atoms with Crippen molar-refractivity contribution < 1.29 is 14.7 Å². The van der Waals surface area contributed by atoms with Gasteiger partial charge in [-0.15, -0.1) is 0 Å². The number of carbonyl (C=O) groups excluding carboxylic acids is 1. The number of hydrogen-bond acceptors (Lipinski definition) is 5. The molecule has 1 heterocycles. The zero-order chi connectivity index (χ0) is 18.7. The maximum absolute atomic E-state index is 12.3. The predicted octanol–water partition coefficient (Wildman–Crippen LogP) is 4.78. The third-order valence-electron chi connectivity index (χ3n) is 3.39. The molecule has 1 N–H and O–H groups in total. The Morgan fingerprint density at radius 1 is 1.15 bits per heavy atom. The summed E-state index contributed by atoms with van der Waals surface area (Å²) in [5.41, 5.74) is 0.848. The summed E-state index contributed by atoms with van der Waals surface area (Å²) < 4.78 is 0.263. The van der Waals surface area contributed by atoms with Gasteiger partial charge in [-0.2, -0.15) is 0 Å². The standard InChI is InChI=1S/C18H12ClNO3S3/c19-12-3-7-14(8-4-12)25-13-5-1-11(2-6-13)9-15-17(23)20(10-16(21)22)18(24)26-15/h1-9H,10H2,(H,21,22)/b15-9+. The van der Waals surface area contributed by atoms with Crippen molar-refractivity contribution in [2.24, 2.45) is 0 Å². The molecule has 2 aromatic carbocycles. The minimum Gasteiger partial charge on any atom is -0.480 e. The summed E-state index contributed by atoms with van der Waals surface area (Å²) in [5.74, 6) is -1.46. The molecule has 8 heteroatoms. The molecule has 1 aliphatic rings. The Bertz CT molecular complexity index is 895. The maximum atomic E-state index is 12.3. The number of halogens is 1. The fourth-order valence-electron chi connectivity index (χ4n) is 2.19. The van der Waals surface area contributed by atoms with Crippen molar-refractivity contribution in [1.29, 1.82) is 0 Å². The van der Waals surface area contributed by atoms with Gasteiger partial charge in [0.1, 0.15) is 10.9 Å². The molecule has 0 aliphatic carbocycles. The van der Waals surface area contributed by atoms with Gasteiger partial charge in [-0.05, 0) is 48.0 Å². The lowest BCUT2D eigenvalue weighted by molar-refractivity contribution is -0.140. The predicted molar refractivity (Wildman–Crippen MR) is 110 cm³/mol. The molecule has 26 heavy (non-hydrogen) atoms. The normalized spacial score (nSPS) is 15.7. The monoisotopic (exact) mass is 421 g/mol. The van der Waals surface area contributed by atoms with E-state index in [1.165, 1.54) is 0 Å². The molecule has 0 atom stereocenters. The summed E-state index contributed by atoms with van der Waals surface area (Å²) in [7, 11) is 0. The Balaban J connectivity index is 1.71. The first-order chi connectivity index (χ1) is 12.4. The molecule has 1 saturated heterocycles. The lowest BCUT2D eigenvalue weighted by atomic mass is 10.2. The van der Waals surface area contributed by atoms with Crippen LogP contribution < -0.4 is 0 Å². The number of benzene rings is 2. The van der Waals surface area contributed by atoms with Crippen LogP contribution in [0.2, 0.25) is 5.02 Å². The van der Waals surface area contributed by atoms with Gasteiger partial charge >= 0.3 is 5.97 Å². The third kappa shape index (κ3) is 4.67. The van der Waals surface area contributed by atoms with Crippen LogP contribution in [0.1, 0.15) is 5.56 Å². The number of carboxylic acids is 1. The number of thioether (sulfide) groups is 1. The van der Waals surface area contributed by atoms with E-state index in [0.717, 1.165) is 32.0 Å². The van der Waals surface area contributed by atoms with Gasteiger partial charge in [0.05, 0.1) is 4.91 Å². The summed E-state index contributed by atoms with van der Waals surface area (Å²) in [6, 6.07) is 15.3. The molecular formula is C18H12ClNO3S3. The second-order valence-electron chi connectivity index (χ2n) is 5.29. The Morgan fingerprint density at radius 3 is 2.31 bits per heavy atom. The largest absolute Gasteiger partial charge is 0.480 e. The van der Waals surface area contributed by atoms with Gasteiger partial charge in [0, 0.05) is 14.8 Å². The highest BCUT2D eigenvalue weighted by molar-refractivity contribution is 8.26. The van der Waals surface area contributed by atoms with Crippen molar-refractivity contribution in [3.05, 3.63) is 64.0 Å². The highest BCUT2D eigenvalue weighted by Crippen LogP contribution is 2.33. The van der Waals surface area contributed by atoms with Gasteiger partial charge in [-0.3, -0.25) is 14.5 Å². The highest BCUT2D eigenvalue weighted by atomic mass is 35.5. The fraction of sp³-hybridized carbons (Fsp3) is 0.0556. The highest BCUT2D eigenvalue weighted by Gasteiger charge is 2.33. The fourth-order valence-corrected chi connectivity index (χ4v) is 4.39. The van der Waals surface area contributed by atoms with Gasteiger partial charge in [-0.1, -0.05) is 59.5 Å². The lowest BCUT2D eigenvalue weighted by Gasteiger charge is -2.10. The molecule has 3 rings (SSSR count). The Morgan fingerprint density at radius 2 is 1.73 bits per heavy atom. The van der Waals surface area contributed by atoms with Crippen LogP contribution in [0.3, 0.4) is 0 Å². The van der Waals surface area contributed by atoms with E-state index in [4.69, 9.17) is 28.9 Å². The van der Waals surface area contributed by atoms with E-state index < -0.39 is 12.5 Å². The van der Waals surface area contributed by atoms with Crippen molar-refractivity contribution in [2.75, 3.05) is 6.54 Å². The Labute approximate surface area is 169 Å². The minimum absolute atomic E-state index is 0.263. The molecular weight excluding hydrogens is 410 g/mol. The lowest BCUT2D eigenvalue weighted by Crippen LogP contribution is -2.33. The van der Waals surface area contributed by atoms with Crippen molar-refractivity contribution in [1.82, 2.24) is 4.90 Å². The summed E-state index contributed by atoms with van der Waals surface area (Å²) in [5, 5.41) is 9.56. The zero-order valence-corrected chi connectivity index (χ0v) is 16.4. The van der Waals surface area contributed by atoms with E-state index in [2.05, 4.69) is 0 Å². The van der Waals surface area contributed by atoms with Gasteiger partial charge in [0.15, 0.2) is 0 Å². The minimum atomic E-state index is -1.09. The average Bonchev–Trinajstić information content (AvgIpc) is 2.86. The van der Waals surface area contributed by atoms with Gasteiger partial charge in [0.25, 0.3) is 5.91 Å². The number of rotatable bonds is 5. The number of carboxylic acid groups (broad SMARTS) is 1. The molecule has 0 saturated carbocycles. The first kappa shape index (κ1) is 19.0. The first-order valence-corrected chi connectivity index (χ1v) is 9.85. The Kier molecular flexibility index (Phi) is 6.03. The van der Waals surface area contributed by atoms with Crippen LogP contribution in [-0.4, -0.2) is 32.7 Å². The topological polar surface area (TPSA) is 57.6 Å². The zero-order valence-electron chi connectivity index (χ0n) is 13.2. The molecule has 1 fully saturated rings. The molecule has 1 amide bonds. The molecule has 0 spiro atoms. The second-order valence-corrected chi connectivity index (χ2v) is 8.55. The van der Waals surface area contributed by atoms with Crippen LogP contribution in [0.15, 0.2) is 63.2 Å². The van der Waals surface area contributed by atoms with Crippen LogP contribution in [-0.2, 0) is 9.59 Å². The van der Waals surface area contributed by atoms with Crippen LogP contribution in [0.25, 0.3) is 6.08 Å². The molecule has 0 unspecified atom stereocenters. The molecule has 2 aromatic rings. The van der Waals surface area contributed by atoms with Crippen LogP contribution in [0.5, 0.6) is 0 Å². The molecule has 4 nitrogen and oxygen atoms in total. The summed E-state index contributed by atoms with van der Waals surface area (Å²) >= 11 is 13.7. The van der Waals surface area contributed by atoms with E-state index in [0.29, 0.717) is 9.93 Å². The molecule has 1 aliphatic heterocycles. The molecule has 0 radical (unpaired) electrons. The van der Waals surface area contributed by atoms with Crippen molar-refractivity contribution in [3.63, 3.8) is 0 Å². The first-order valence-electron chi connectivity index (χ1n) is 7.43. The van der Waals surface area contributed by atoms with Crippen LogP contribution in [0, 0.1) is 0 Å². The van der Waals surface area contributed by atoms with E-state index in [-0.39, 0.29) is 10.2 Å². The maximum Gasteiger partial charge on any atom is 0.323 e. The van der Waals surface area contributed by atoms with Gasteiger partial charge < -0.3 is 5.11 Å². The quantitative estimate of drug-likeness (QED) is 0.554. The summed E-state index contributed by atoms with van der Waals surface area (Å²) in [6.45, 7) is -0.418. The van der Waals surface area contributed by atoms with Gasteiger partial charge in [-0.25, -0.2) is 0 Å². The van der Waals surface area contributed by atoms with Crippen molar-refractivity contribution >= 4 is 69.6 Å². The number of nitrogens with zero attached hydrogens (tertiary/aromatic N) is 1. The van der Waals surface area contributed by atoms with Gasteiger partial charge in [0.2, 0.25) is 0 Å². The molecule has 0 bridgehead atoms. The number of aliphatic carboxylic acids is 1. The summed E-state index contributed by atoms with van der Waals surface area (Å²) in [4.78, 5) is 26.7. The van der Waals surface area contributed by atoms with E-state index >= 15 is 0 Å². The SMILES string of the molecule is O=C(O)CN1C(=O)/C(=C\c2ccc(Sc3ccc(Cl)cc3)cc2)SC1=S. The van der Waals surface area contributed by atoms with E-state index in [1.54, 1.807) is 17.8 Å².